The van der Waals surface area contributed by atoms with Gasteiger partial charge < -0.3 is 19.9 Å². The number of carboxylic acid groups (broad SMARTS) is 1. The summed E-state index contributed by atoms with van der Waals surface area (Å²) in [7, 11) is 2.11. The maximum Gasteiger partial charge on any atom is 0.339 e. The van der Waals surface area contributed by atoms with E-state index < -0.39 is 5.97 Å². The van der Waals surface area contributed by atoms with E-state index in [9.17, 15) is 9.90 Å². The monoisotopic (exact) mass is 397 g/mol. The van der Waals surface area contributed by atoms with Gasteiger partial charge in [-0.2, -0.15) is 0 Å². The minimum Gasteiger partial charge on any atom is -0.478 e. The van der Waals surface area contributed by atoms with E-state index in [1.54, 1.807) is 0 Å². The van der Waals surface area contributed by atoms with Gasteiger partial charge in [0.05, 0.1) is 5.56 Å². The Labute approximate surface area is 170 Å². The van der Waals surface area contributed by atoms with Crippen molar-refractivity contribution in [2.75, 3.05) is 25.0 Å². The standard InChI is InChI=1S/C22H27N3O2S/c1-16-17(2)28-21(20(16)22(26)27)25-14-7-11-19(25)15-23-12-8-13-24(3)18-9-5-4-6-10-18/h4-7,9-11,14,23H,8,12-13,15H2,1-3H3,(H,26,27). The number of aryl methyl sites for hydroxylation is 1. The molecule has 0 fully saturated rings. The second-order valence-corrected chi connectivity index (χ2v) is 8.13. The lowest BCUT2D eigenvalue weighted by Crippen LogP contribution is -2.24. The molecule has 148 valence electrons. The molecule has 3 aromatic rings. The molecule has 0 unspecified atom stereocenters. The summed E-state index contributed by atoms with van der Waals surface area (Å²) in [6.07, 6.45) is 2.97. The van der Waals surface area contributed by atoms with Crippen LogP contribution in [-0.4, -0.2) is 35.8 Å². The summed E-state index contributed by atoms with van der Waals surface area (Å²) in [5.74, 6) is -0.867. The molecule has 2 aromatic heterocycles. The second kappa shape index (κ2) is 9.08. The molecular formula is C22H27N3O2S. The number of aromatic carboxylic acids is 1. The van der Waals surface area contributed by atoms with Crippen LogP contribution in [-0.2, 0) is 6.54 Å². The van der Waals surface area contributed by atoms with E-state index in [0.29, 0.717) is 12.1 Å². The van der Waals surface area contributed by atoms with Gasteiger partial charge in [-0.15, -0.1) is 11.3 Å². The molecule has 0 saturated carbocycles. The highest BCUT2D eigenvalue weighted by Gasteiger charge is 2.21. The number of thiophene rings is 1. The van der Waals surface area contributed by atoms with Crippen LogP contribution in [0.1, 0.15) is 32.9 Å². The molecule has 0 aliphatic carbocycles. The summed E-state index contributed by atoms with van der Waals surface area (Å²) in [4.78, 5) is 15.0. The molecule has 0 radical (unpaired) electrons. The second-order valence-electron chi connectivity index (χ2n) is 6.93. The van der Waals surface area contributed by atoms with Gasteiger partial charge >= 0.3 is 5.97 Å². The molecule has 1 aromatic carbocycles. The number of carboxylic acids is 1. The van der Waals surface area contributed by atoms with Crippen LogP contribution in [0, 0.1) is 13.8 Å². The summed E-state index contributed by atoms with van der Waals surface area (Å²) >= 11 is 1.53. The molecule has 0 amide bonds. The summed E-state index contributed by atoms with van der Waals surface area (Å²) in [5.41, 5.74) is 3.55. The lowest BCUT2D eigenvalue weighted by atomic mass is 10.1. The lowest BCUT2D eigenvalue weighted by Gasteiger charge is -2.19. The quantitative estimate of drug-likeness (QED) is 0.523. The molecule has 28 heavy (non-hydrogen) atoms. The third-order valence-electron chi connectivity index (χ3n) is 4.98. The minimum absolute atomic E-state index is 0.407. The van der Waals surface area contributed by atoms with Gasteiger partial charge in [0.2, 0.25) is 0 Å². The number of anilines is 1. The van der Waals surface area contributed by atoms with E-state index in [4.69, 9.17) is 0 Å². The first-order valence-corrected chi connectivity index (χ1v) is 10.3. The Kier molecular flexibility index (Phi) is 6.54. The van der Waals surface area contributed by atoms with Gasteiger partial charge in [-0.1, -0.05) is 18.2 Å². The highest BCUT2D eigenvalue weighted by Crippen LogP contribution is 2.32. The Hall–Kier alpha value is -2.57. The normalized spacial score (nSPS) is 11.0. The topological polar surface area (TPSA) is 57.5 Å². The number of hydrogen-bond donors (Lipinski definition) is 2. The average Bonchev–Trinajstić information content (AvgIpc) is 3.26. The van der Waals surface area contributed by atoms with Crippen molar-refractivity contribution in [3.8, 4) is 5.00 Å². The highest BCUT2D eigenvalue weighted by molar-refractivity contribution is 7.15. The van der Waals surface area contributed by atoms with E-state index in [1.165, 1.54) is 17.0 Å². The maximum absolute atomic E-state index is 11.7. The fraction of sp³-hybridized carbons (Fsp3) is 0.318. The molecule has 0 saturated heterocycles. The molecule has 0 aliphatic rings. The number of aromatic nitrogens is 1. The van der Waals surface area contributed by atoms with Crippen LogP contribution >= 0.6 is 11.3 Å². The SMILES string of the molecule is Cc1sc(-n2cccc2CNCCCN(C)c2ccccc2)c(C(=O)O)c1C. The number of nitrogens with one attached hydrogen (secondary N) is 1. The van der Waals surface area contributed by atoms with Gasteiger partial charge in [-0.05, 0) is 56.6 Å². The molecule has 2 N–H and O–H groups in total. The van der Waals surface area contributed by atoms with E-state index >= 15 is 0 Å². The molecule has 0 aliphatic heterocycles. The summed E-state index contributed by atoms with van der Waals surface area (Å²) in [6, 6.07) is 14.4. The Morgan fingerprint density at radius 1 is 1.18 bits per heavy atom. The van der Waals surface area contributed by atoms with Crippen molar-refractivity contribution in [1.82, 2.24) is 9.88 Å². The van der Waals surface area contributed by atoms with Crippen LogP contribution in [0.3, 0.4) is 0 Å². The first kappa shape index (κ1) is 20.2. The fourth-order valence-corrected chi connectivity index (χ4v) is 4.42. The predicted molar refractivity (Wildman–Crippen MR) is 116 cm³/mol. The van der Waals surface area contributed by atoms with Gasteiger partial charge in [0.1, 0.15) is 5.00 Å². The van der Waals surface area contributed by atoms with E-state index in [-0.39, 0.29) is 0 Å². The number of rotatable bonds is 9. The number of hydrogen-bond acceptors (Lipinski definition) is 4. The first-order valence-electron chi connectivity index (χ1n) is 9.46. The summed E-state index contributed by atoms with van der Waals surface area (Å²) in [5, 5.41) is 13.9. The van der Waals surface area contributed by atoms with Crippen LogP contribution in [0.25, 0.3) is 5.00 Å². The molecule has 0 bridgehead atoms. The molecule has 5 nitrogen and oxygen atoms in total. The smallest absolute Gasteiger partial charge is 0.339 e. The Balaban J connectivity index is 1.57. The van der Waals surface area contributed by atoms with E-state index in [2.05, 4.69) is 41.5 Å². The third-order valence-corrected chi connectivity index (χ3v) is 6.19. The number of benzene rings is 1. The van der Waals surface area contributed by atoms with Crippen LogP contribution in [0.4, 0.5) is 5.69 Å². The van der Waals surface area contributed by atoms with E-state index in [1.807, 2.05) is 42.8 Å². The molecule has 2 heterocycles. The number of nitrogens with zero attached hydrogens (tertiary/aromatic N) is 2. The predicted octanol–water partition coefficient (Wildman–Crippen LogP) is 4.47. The van der Waals surface area contributed by atoms with Gasteiger partial charge in [0.25, 0.3) is 0 Å². The largest absolute Gasteiger partial charge is 0.478 e. The Bertz CT molecular complexity index is 931. The molecule has 6 heteroatoms. The minimum atomic E-state index is -0.867. The zero-order valence-corrected chi connectivity index (χ0v) is 17.4. The maximum atomic E-state index is 11.7. The van der Waals surface area contributed by atoms with Crippen molar-refractivity contribution in [2.24, 2.45) is 0 Å². The molecule has 0 spiro atoms. The first-order chi connectivity index (χ1) is 13.5. The van der Waals surface area contributed by atoms with Crippen LogP contribution in [0.5, 0.6) is 0 Å². The van der Waals surface area contributed by atoms with Crippen LogP contribution in [0.2, 0.25) is 0 Å². The zero-order valence-electron chi connectivity index (χ0n) is 16.6. The average molecular weight is 398 g/mol. The van der Waals surface area contributed by atoms with Crippen molar-refractivity contribution in [3.05, 3.63) is 70.4 Å². The lowest BCUT2D eigenvalue weighted by molar-refractivity contribution is 0.0696. The fourth-order valence-electron chi connectivity index (χ4n) is 3.26. The van der Waals surface area contributed by atoms with Gasteiger partial charge in [-0.25, -0.2) is 4.79 Å². The van der Waals surface area contributed by atoms with Crippen molar-refractivity contribution >= 4 is 23.0 Å². The van der Waals surface area contributed by atoms with Gasteiger partial charge in [0.15, 0.2) is 0 Å². The van der Waals surface area contributed by atoms with Crippen molar-refractivity contribution in [2.45, 2.75) is 26.8 Å². The number of para-hydroxylation sites is 1. The molecule has 3 rings (SSSR count). The van der Waals surface area contributed by atoms with E-state index in [0.717, 1.165) is 40.6 Å². The van der Waals surface area contributed by atoms with Crippen molar-refractivity contribution in [1.29, 1.82) is 0 Å². The van der Waals surface area contributed by atoms with Crippen molar-refractivity contribution in [3.63, 3.8) is 0 Å². The van der Waals surface area contributed by atoms with Crippen molar-refractivity contribution < 1.29 is 9.90 Å². The zero-order chi connectivity index (χ0) is 20.1. The van der Waals surface area contributed by atoms with Gasteiger partial charge in [0, 0.05) is 42.6 Å². The third kappa shape index (κ3) is 4.46. The van der Waals surface area contributed by atoms with Crippen LogP contribution < -0.4 is 10.2 Å². The van der Waals surface area contributed by atoms with Crippen LogP contribution in [0.15, 0.2) is 48.7 Å². The highest BCUT2D eigenvalue weighted by atomic mass is 32.1. The molecular weight excluding hydrogens is 370 g/mol. The van der Waals surface area contributed by atoms with Gasteiger partial charge in [-0.3, -0.25) is 0 Å². The Morgan fingerprint density at radius 2 is 1.93 bits per heavy atom. The summed E-state index contributed by atoms with van der Waals surface area (Å²) in [6.45, 7) is 6.43. The molecule has 0 atom stereocenters. The number of carbonyl (C=O) groups is 1. The Morgan fingerprint density at radius 3 is 2.64 bits per heavy atom. The summed E-state index contributed by atoms with van der Waals surface area (Å²) < 4.78 is 2.00.